The molecule has 0 spiro atoms. The van der Waals surface area contributed by atoms with Crippen molar-refractivity contribution in [2.75, 3.05) is 5.33 Å². The van der Waals surface area contributed by atoms with Gasteiger partial charge in [-0.2, -0.15) is 0 Å². The molecular weight excluding hydrogens is 200 g/mol. The molecule has 0 unspecified atom stereocenters. The third-order valence-corrected chi connectivity index (χ3v) is 2.10. The van der Waals surface area contributed by atoms with Crippen LogP contribution in [0.3, 0.4) is 0 Å². The zero-order valence-corrected chi connectivity index (χ0v) is 9.07. The summed E-state index contributed by atoms with van der Waals surface area (Å²) in [5.41, 5.74) is 0. The average Bonchev–Trinajstić information content (AvgIpc) is 2.03. The number of halogens is 1. The Hall–Kier alpha value is 0.220. The number of allylic oxidation sites excluding steroid dienone is 2. The summed E-state index contributed by atoms with van der Waals surface area (Å²) in [6.45, 7) is 2.25. The summed E-state index contributed by atoms with van der Waals surface area (Å²) < 4.78 is 0. The second kappa shape index (κ2) is 10.2. The standard InChI is InChI=1S/C10H19Br/c1-2-3-4-5-6-7-8-9-10-11/h8-9H,2-7,10H2,1H3. The molecular formula is C10H19Br. The van der Waals surface area contributed by atoms with E-state index in [1.165, 1.54) is 38.5 Å². The van der Waals surface area contributed by atoms with Crippen LogP contribution in [0.5, 0.6) is 0 Å². The molecule has 11 heavy (non-hydrogen) atoms. The van der Waals surface area contributed by atoms with E-state index < -0.39 is 0 Å². The van der Waals surface area contributed by atoms with Gasteiger partial charge in [-0.25, -0.2) is 0 Å². The quantitative estimate of drug-likeness (QED) is 0.340. The van der Waals surface area contributed by atoms with Crippen LogP contribution in [-0.4, -0.2) is 5.33 Å². The Morgan fingerprint density at radius 1 is 1.00 bits per heavy atom. The lowest BCUT2D eigenvalue weighted by atomic mass is 10.1. The third kappa shape index (κ3) is 10.2. The maximum Gasteiger partial charge on any atom is 0.0212 e. The molecule has 0 rings (SSSR count). The van der Waals surface area contributed by atoms with Gasteiger partial charge in [-0.3, -0.25) is 0 Å². The first-order chi connectivity index (χ1) is 5.41. The van der Waals surface area contributed by atoms with Crippen LogP contribution in [0, 0.1) is 0 Å². The summed E-state index contributed by atoms with van der Waals surface area (Å²) in [5.74, 6) is 0. The molecule has 0 amide bonds. The monoisotopic (exact) mass is 218 g/mol. The average molecular weight is 219 g/mol. The summed E-state index contributed by atoms with van der Waals surface area (Å²) in [5, 5.41) is 1.00. The molecule has 0 fully saturated rings. The summed E-state index contributed by atoms with van der Waals surface area (Å²) in [4.78, 5) is 0. The van der Waals surface area contributed by atoms with Crippen LogP contribution in [0.4, 0.5) is 0 Å². The minimum absolute atomic E-state index is 1.00. The van der Waals surface area contributed by atoms with Gasteiger partial charge >= 0.3 is 0 Å². The summed E-state index contributed by atoms with van der Waals surface area (Å²) in [6.07, 6.45) is 12.6. The molecule has 0 aromatic rings. The van der Waals surface area contributed by atoms with Gasteiger partial charge in [0.25, 0.3) is 0 Å². The van der Waals surface area contributed by atoms with E-state index >= 15 is 0 Å². The van der Waals surface area contributed by atoms with Crippen molar-refractivity contribution >= 4 is 15.9 Å². The fraction of sp³-hybridized carbons (Fsp3) is 0.800. The van der Waals surface area contributed by atoms with Crippen LogP contribution < -0.4 is 0 Å². The number of rotatable bonds is 7. The van der Waals surface area contributed by atoms with Crippen molar-refractivity contribution in [1.82, 2.24) is 0 Å². The third-order valence-electron chi connectivity index (χ3n) is 1.73. The fourth-order valence-electron chi connectivity index (χ4n) is 1.05. The van der Waals surface area contributed by atoms with Crippen LogP contribution >= 0.6 is 15.9 Å². The molecule has 0 bridgehead atoms. The van der Waals surface area contributed by atoms with Crippen molar-refractivity contribution in [3.05, 3.63) is 12.2 Å². The Balaban J connectivity index is 2.85. The number of hydrogen-bond donors (Lipinski definition) is 0. The van der Waals surface area contributed by atoms with Crippen molar-refractivity contribution < 1.29 is 0 Å². The van der Waals surface area contributed by atoms with Crippen molar-refractivity contribution in [2.24, 2.45) is 0 Å². The second-order valence-electron chi connectivity index (χ2n) is 2.83. The summed E-state index contributed by atoms with van der Waals surface area (Å²) >= 11 is 3.36. The SMILES string of the molecule is CCCCCCCC=CCBr. The van der Waals surface area contributed by atoms with Gasteiger partial charge in [0.2, 0.25) is 0 Å². The zero-order valence-electron chi connectivity index (χ0n) is 7.48. The normalized spacial score (nSPS) is 11.1. The minimum atomic E-state index is 1.00. The molecule has 0 radical (unpaired) electrons. The molecule has 0 saturated heterocycles. The highest BCUT2D eigenvalue weighted by atomic mass is 79.9. The topological polar surface area (TPSA) is 0 Å². The zero-order chi connectivity index (χ0) is 8.36. The van der Waals surface area contributed by atoms with E-state index in [0.29, 0.717) is 0 Å². The van der Waals surface area contributed by atoms with E-state index in [9.17, 15) is 0 Å². The second-order valence-corrected chi connectivity index (χ2v) is 3.48. The highest BCUT2D eigenvalue weighted by Crippen LogP contribution is 2.05. The smallest absolute Gasteiger partial charge is 0.0212 e. The van der Waals surface area contributed by atoms with Gasteiger partial charge in [0, 0.05) is 5.33 Å². The summed E-state index contributed by atoms with van der Waals surface area (Å²) in [7, 11) is 0. The lowest BCUT2D eigenvalue weighted by Crippen LogP contribution is -1.75. The maximum absolute atomic E-state index is 3.36. The molecule has 0 aliphatic carbocycles. The van der Waals surface area contributed by atoms with Crippen molar-refractivity contribution in [1.29, 1.82) is 0 Å². The molecule has 1 heteroatoms. The first-order valence-corrected chi connectivity index (χ1v) is 5.75. The molecule has 0 nitrogen and oxygen atoms in total. The molecule has 0 aromatic heterocycles. The van der Waals surface area contributed by atoms with Crippen LogP contribution in [0.1, 0.15) is 45.4 Å². The Kier molecular flexibility index (Phi) is 10.4. The highest BCUT2D eigenvalue weighted by molar-refractivity contribution is 9.09. The number of unbranched alkanes of at least 4 members (excludes halogenated alkanes) is 5. The van der Waals surface area contributed by atoms with E-state index in [2.05, 4.69) is 35.0 Å². The van der Waals surface area contributed by atoms with Crippen LogP contribution in [0.15, 0.2) is 12.2 Å². The van der Waals surface area contributed by atoms with Crippen LogP contribution in [0.25, 0.3) is 0 Å². The van der Waals surface area contributed by atoms with E-state index in [1.54, 1.807) is 0 Å². The van der Waals surface area contributed by atoms with Gasteiger partial charge in [0.15, 0.2) is 0 Å². The molecule has 66 valence electrons. The van der Waals surface area contributed by atoms with Crippen molar-refractivity contribution in [2.45, 2.75) is 45.4 Å². The molecule has 0 N–H and O–H groups in total. The van der Waals surface area contributed by atoms with Gasteiger partial charge in [0.1, 0.15) is 0 Å². The van der Waals surface area contributed by atoms with Crippen molar-refractivity contribution in [3.8, 4) is 0 Å². The molecule has 0 aromatic carbocycles. The summed E-state index contributed by atoms with van der Waals surface area (Å²) in [6, 6.07) is 0. The minimum Gasteiger partial charge on any atom is -0.0883 e. The van der Waals surface area contributed by atoms with Gasteiger partial charge < -0.3 is 0 Å². The van der Waals surface area contributed by atoms with E-state index in [4.69, 9.17) is 0 Å². The molecule has 0 aliphatic rings. The van der Waals surface area contributed by atoms with Crippen molar-refractivity contribution in [3.63, 3.8) is 0 Å². The Bertz CT molecular complexity index is 86.9. The maximum atomic E-state index is 3.36. The highest BCUT2D eigenvalue weighted by Gasteiger charge is 1.85. The largest absolute Gasteiger partial charge is 0.0883 e. The van der Waals surface area contributed by atoms with Crippen LogP contribution in [-0.2, 0) is 0 Å². The van der Waals surface area contributed by atoms with Gasteiger partial charge in [0.05, 0.1) is 0 Å². The molecule has 0 heterocycles. The Morgan fingerprint density at radius 2 is 1.73 bits per heavy atom. The first kappa shape index (κ1) is 11.2. The van der Waals surface area contributed by atoms with E-state index in [1.807, 2.05) is 0 Å². The number of alkyl halides is 1. The molecule has 0 aliphatic heterocycles. The van der Waals surface area contributed by atoms with Gasteiger partial charge in [-0.1, -0.05) is 60.7 Å². The van der Waals surface area contributed by atoms with E-state index in [-0.39, 0.29) is 0 Å². The van der Waals surface area contributed by atoms with E-state index in [0.717, 1.165) is 5.33 Å². The molecule has 0 saturated carbocycles. The lowest BCUT2D eigenvalue weighted by molar-refractivity contribution is 0.637. The predicted molar refractivity (Wildman–Crippen MR) is 56.3 cm³/mol. The van der Waals surface area contributed by atoms with Gasteiger partial charge in [-0.05, 0) is 12.8 Å². The van der Waals surface area contributed by atoms with Crippen LogP contribution in [0.2, 0.25) is 0 Å². The molecule has 0 atom stereocenters. The predicted octanol–water partition coefficient (Wildman–Crippen LogP) is 4.30. The lowest BCUT2D eigenvalue weighted by Gasteiger charge is -1.95. The first-order valence-electron chi connectivity index (χ1n) is 4.62. The Labute approximate surface area is 79.2 Å². The fourth-order valence-corrected chi connectivity index (χ4v) is 1.31. The number of hydrogen-bond acceptors (Lipinski definition) is 0. The Morgan fingerprint density at radius 3 is 2.36 bits per heavy atom. The van der Waals surface area contributed by atoms with Gasteiger partial charge in [-0.15, -0.1) is 0 Å².